The normalized spacial score (nSPS) is 11.2. The lowest BCUT2D eigenvalue weighted by Crippen LogP contribution is -2.11. The molecular formula is C23H20N6. The van der Waals surface area contributed by atoms with E-state index in [0.29, 0.717) is 11.8 Å². The van der Waals surface area contributed by atoms with Gasteiger partial charge in [0.1, 0.15) is 0 Å². The molecule has 3 aromatic heterocycles. The highest BCUT2D eigenvalue weighted by atomic mass is 15.4. The molecule has 2 aromatic carbocycles. The molecule has 0 fully saturated rings. The summed E-state index contributed by atoms with van der Waals surface area (Å²) in [4.78, 5) is 13.7. The molecule has 0 unspecified atom stereocenters. The highest BCUT2D eigenvalue weighted by molar-refractivity contribution is 5.92. The van der Waals surface area contributed by atoms with E-state index in [-0.39, 0.29) is 0 Å². The molecule has 5 rings (SSSR count). The fraction of sp³-hybridized carbons (Fsp3) is 0.130. The van der Waals surface area contributed by atoms with Crippen molar-refractivity contribution in [1.82, 2.24) is 24.6 Å². The Bertz CT molecular complexity index is 1290. The van der Waals surface area contributed by atoms with Crippen molar-refractivity contribution in [1.29, 1.82) is 0 Å². The Labute approximate surface area is 168 Å². The van der Waals surface area contributed by atoms with Crippen LogP contribution in [0, 0.1) is 6.92 Å². The van der Waals surface area contributed by atoms with Gasteiger partial charge in [0, 0.05) is 29.9 Å². The topological polar surface area (TPSA) is 68.0 Å². The minimum absolute atomic E-state index is 0.660. The van der Waals surface area contributed by atoms with Crippen LogP contribution in [0.5, 0.6) is 0 Å². The first kappa shape index (κ1) is 17.3. The summed E-state index contributed by atoms with van der Waals surface area (Å²) in [5, 5.41) is 9.15. The smallest absolute Gasteiger partial charge is 0.226 e. The third-order valence-electron chi connectivity index (χ3n) is 4.90. The van der Waals surface area contributed by atoms with Crippen molar-refractivity contribution in [2.45, 2.75) is 13.3 Å². The van der Waals surface area contributed by atoms with Gasteiger partial charge >= 0.3 is 0 Å². The number of aromatic nitrogens is 5. The van der Waals surface area contributed by atoms with Gasteiger partial charge < -0.3 is 5.32 Å². The molecule has 6 heteroatoms. The fourth-order valence-corrected chi connectivity index (χ4v) is 3.48. The summed E-state index contributed by atoms with van der Waals surface area (Å²) in [6.07, 6.45) is 4.40. The number of aryl methyl sites for hydroxylation is 1. The van der Waals surface area contributed by atoms with Gasteiger partial charge in [-0.3, -0.25) is 4.98 Å². The van der Waals surface area contributed by atoms with Crippen molar-refractivity contribution in [3.8, 4) is 11.4 Å². The molecule has 0 saturated heterocycles. The third-order valence-corrected chi connectivity index (χ3v) is 4.90. The van der Waals surface area contributed by atoms with E-state index in [2.05, 4.69) is 41.5 Å². The molecule has 0 aliphatic rings. The van der Waals surface area contributed by atoms with Gasteiger partial charge in [-0.25, -0.2) is 9.97 Å². The van der Waals surface area contributed by atoms with E-state index in [4.69, 9.17) is 15.1 Å². The number of rotatable bonds is 5. The van der Waals surface area contributed by atoms with Crippen LogP contribution in [0.15, 0.2) is 73.1 Å². The molecule has 5 aromatic rings. The molecule has 0 amide bonds. The molecule has 0 spiro atoms. The van der Waals surface area contributed by atoms with E-state index in [0.717, 1.165) is 35.1 Å². The number of fused-ring (bicyclic) bond motifs is 3. The van der Waals surface area contributed by atoms with Gasteiger partial charge in [-0.15, -0.1) is 5.10 Å². The molecule has 142 valence electrons. The van der Waals surface area contributed by atoms with Gasteiger partial charge in [0.25, 0.3) is 0 Å². The quantitative estimate of drug-likeness (QED) is 0.492. The van der Waals surface area contributed by atoms with E-state index in [1.54, 1.807) is 16.9 Å². The van der Waals surface area contributed by atoms with Crippen molar-refractivity contribution >= 4 is 22.5 Å². The maximum Gasteiger partial charge on any atom is 0.226 e. The van der Waals surface area contributed by atoms with Crippen LogP contribution in [0.25, 0.3) is 27.9 Å². The first-order chi connectivity index (χ1) is 14.3. The van der Waals surface area contributed by atoms with Crippen LogP contribution in [-0.2, 0) is 6.42 Å². The first-order valence-corrected chi connectivity index (χ1v) is 9.63. The molecule has 3 heterocycles. The number of hydrogen-bond acceptors (Lipinski definition) is 5. The summed E-state index contributed by atoms with van der Waals surface area (Å²) in [5.41, 5.74) is 5.18. The van der Waals surface area contributed by atoms with Crippen molar-refractivity contribution in [3.05, 3.63) is 84.2 Å². The van der Waals surface area contributed by atoms with Crippen molar-refractivity contribution in [2.75, 3.05) is 11.9 Å². The van der Waals surface area contributed by atoms with Crippen LogP contribution < -0.4 is 5.32 Å². The number of nitrogens with one attached hydrogen (secondary N) is 1. The van der Waals surface area contributed by atoms with E-state index >= 15 is 0 Å². The number of para-hydroxylation sites is 1. The average Bonchev–Trinajstić information content (AvgIpc) is 3.21. The highest BCUT2D eigenvalue weighted by Gasteiger charge is 2.14. The van der Waals surface area contributed by atoms with Crippen LogP contribution in [0.2, 0.25) is 0 Å². The molecule has 1 N–H and O–H groups in total. The second-order valence-electron chi connectivity index (χ2n) is 7.03. The Balaban J connectivity index is 1.53. The summed E-state index contributed by atoms with van der Waals surface area (Å²) in [7, 11) is 0. The maximum absolute atomic E-state index is 4.80. The molecular weight excluding hydrogens is 360 g/mol. The lowest BCUT2D eigenvalue weighted by Gasteiger charge is -2.09. The molecule has 0 aliphatic carbocycles. The van der Waals surface area contributed by atoms with Crippen LogP contribution in [0.1, 0.15) is 11.1 Å². The number of pyridine rings is 1. The lowest BCUT2D eigenvalue weighted by molar-refractivity contribution is 0.906. The van der Waals surface area contributed by atoms with Crippen molar-refractivity contribution in [3.63, 3.8) is 0 Å². The molecule has 0 saturated carbocycles. The van der Waals surface area contributed by atoms with Gasteiger partial charge in [-0.05, 0) is 43.2 Å². The summed E-state index contributed by atoms with van der Waals surface area (Å²) in [6, 6.07) is 20.4. The zero-order chi connectivity index (χ0) is 19.6. The van der Waals surface area contributed by atoms with Crippen LogP contribution >= 0.6 is 0 Å². The van der Waals surface area contributed by atoms with E-state index < -0.39 is 0 Å². The molecule has 0 bridgehead atoms. The monoisotopic (exact) mass is 380 g/mol. The zero-order valence-corrected chi connectivity index (χ0v) is 16.1. The first-order valence-electron chi connectivity index (χ1n) is 9.63. The summed E-state index contributed by atoms with van der Waals surface area (Å²) in [6.45, 7) is 2.87. The Hall–Kier alpha value is -3.80. The summed E-state index contributed by atoms with van der Waals surface area (Å²) < 4.78 is 1.80. The SMILES string of the molecule is Cc1cccc(CCNc2nc3ccccc3c3nc(-c4ccncc4)nn23)c1. The predicted octanol–water partition coefficient (Wildman–Crippen LogP) is 4.30. The largest absolute Gasteiger partial charge is 0.354 e. The predicted molar refractivity (Wildman–Crippen MR) is 115 cm³/mol. The van der Waals surface area contributed by atoms with E-state index in [1.807, 2.05) is 36.4 Å². The number of benzene rings is 2. The fourth-order valence-electron chi connectivity index (χ4n) is 3.48. The van der Waals surface area contributed by atoms with Gasteiger partial charge in [-0.1, -0.05) is 42.0 Å². The van der Waals surface area contributed by atoms with E-state index in [1.165, 1.54) is 11.1 Å². The summed E-state index contributed by atoms with van der Waals surface area (Å²) in [5.74, 6) is 1.35. The molecule has 29 heavy (non-hydrogen) atoms. The molecule has 0 radical (unpaired) electrons. The third kappa shape index (κ3) is 3.40. The molecule has 0 atom stereocenters. The number of nitrogens with zero attached hydrogens (tertiary/aromatic N) is 5. The van der Waals surface area contributed by atoms with Gasteiger partial charge in [0.2, 0.25) is 5.95 Å². The van der Waals surface area contributed by atoms with Gasteiger partial charge in [-0.2, -0.15) is 4.52 Å². The zero-order valence-electron chi connectivity index (χ0n) is 16.1. The van der Waals surface area contributed by atoms with Crippen LogP contribution in [0.3, 0.4) is 0 Å². The molecule has 6 nitrogen and oxygen atoms in total. The van der Waals surface area contributed by atoms with Gasteiger partial charge in [0.05, 0.1) is 5.52 Å². The van der Waals surface area contributed by atoms with Crippen molar-refractivity contribution in [2.24, 2.45) is 0 Å². The Morgan fingerprint density at radius 2 is 1.79 bits per heavy atom. The van der Waals surface area contributed by atoms with Gasteiger partial charge in [0.15, 0.2) is 11.5 Å². The lowest BCUT2D eigenvalue weighted by atomic mass is 10.1. The highest BCUT2D eigenvalue weighted by Crippen LogP contribution is 2.23. The number of anilines is 1. The second-order valence-corrected chi connectivity index (χ2v) is 7.03. The number of hydrogen-bond donors (Lipinski definition) is 1. The Morgan fingerprint density at radius 1 is 0.931 bits per heavy atom. The Morgan fingerprint density at radius 3 is 2.66 bits per heavy atom. The average molecular weight is 380 g/mol. The van der Waals surface area contributed by atoms with E-state index in [9.17, 15) is 0 Å². The molecule has 0 aliphatic heterocycles. The minimum atomic E-state index is 0.660. The Kier molecular flexibility index (Phi) is 4.37. The van der Waals surface area contributed by atoms with Crippen molar-refractivity contribution < 1.29 is 0 Å². The van der Waals surface area contributed by atoms with Crippen LogP contribution in [0.4, 0.5) is 5.95 Å². The maximum atomic E-state index is 4.80. The summed E-state index contributed by atoms with van der Waals surface area (Å²) >= 11 is 0. The second kappa shape index (κ2) is 7.31. The van der Waals surface area contributed by atoms with Crippen LogP contribution in [-0.4, -0.2) is 31.1 Å². The minimum Gasteiger partial charge on any atom is -0.354 e. The standard InChI is InChI=1S/C23H20N6/c1-16-5-4-6-17(15-16)9-14-25-23-26-20-8-3-2-7-19(20)22-27-21(28-29(22)23)18-10-12-24-13-11-18/h2-8,10-13,15H,9,14H2,1H3,(H,25,26).